The summed E-state index contributed by atoms with van der Waals surface area (Å²) in [5, 5.41) is 40.0. The molecule has 6 amide bonds. The minimum Gasteiger partial charge on any atom is -0.453 e. The fraction of sp³-hybridized carbons (Fsp3) is 0.477. The van der Waals surface area contributed by atoms with Gasteiger partial charge in [-0.25, -0.2) is 66.0 Å². The van der Waals surface area contributed by atoms with Crippen molar-refractivity contribution in [2.75, 3.05) is 61.3 Å². The number of alkyl carbamates (subject to hydrolysis) is 3. The molecule has 1 aliphatic carbocycles. The third-order valence-corrected chi connectivity index (χ3v) is 25.4. The van der Waals surface area contributed by atoms with Gasteiger partial charge in [-0.3, -0.25) is 24.4 Å². The van der Waals surface area contributed by atoms with Crippen LogP contribution < -0.4 is 33.2 Å². The maximum Gasteiger partial charge on any atom is 0.408 e. The Morgan fingerprint density at radius 2 is 0.770 bits per heavy atom. The van der Waals surface area contributed by atoms with E-state index in [9.17, 15) is 95.7 Å². The van der Waals surface area contributed by atoms with E-state index >= 15 is 0 Å². The van der Waals surface area contributed by atoms with Crippen molar-refractivity contribution in [2.24, 2.45) is 17.2 Å². The van der Waals surface area contributed by atoms with Gasteiger partial charge in [0, 0.05) is 105 Å². The highest BCUT2D eigenvalue weighted by atomic mass is 32.2. The Hall–Kier alpha value is -10.2. The van der Waals surface area contributed by atoms with Crippen molar-refractivity contribution < 1.29 is 110 Å². The molecule has 7 aromatic rings. The standard InChI is InChI=1S/2C33H42F2N4O6S.C22H33F2N3O6S/c1-3-5-12-46(43,44)22-30(38-33(42)45-21-25-10-7-11-37-18-25)32(41)39(19-24-9-6-8-23(4-2)13-24)20-31(40)29(36)16-26-14-27(34)17-28(35)15-26;1-3-5-13-46(43,44)22-30(38-33(42)45-21-24-9-11-37-12-10-24)32(41)39(19-25-8-6-7-23(4-2)14-25)20-31(40)29(36)17-26-15-27(34)18-28(35)16-26;1-3-4-7-34(31,32)13-19(26-22(30)33-2)21(29)27(17-5-6-17)12-20(28)18(25)10-14-8-15(23)11-16(24)9-14/h6-11,13-15,17-18,29-31,40H,3-5,12,16,19-22,36H2,1-2H3,(H,38,42);6-12,14-16,18,29-31,40H,3-5,13,17,19-22,36H2,1-2H3,(H,38,42);8-9,11,17-20,28H,3-7,10,12-13,25H2,1-2H3,(H,26,30)/t2*29-,30+,31+;18-,19-,20+/m000/s1. The SMILES string of the molecule is CCCCS(=O)(=O)C[C@@H](NC(=O)OCc1cccnc1)C(=O)N(Cc1cccc(CC)c1)C[C@@H](O)[C@@H](N)Cc1cc(F)cc(F)c1.CCCCS(=O)(=O)C[C@@H](NC(=O)OCc1ccncc1)C(=O)N(Cc1cccc(CC)c1)C[C@@H](O)[C@@H](N)Cc1cc(F)cc(F)c1.CCCCS(=O)(=O)C[C@H](NC(=O)OC)C(=O)N(C[C@@H](O)[C@@H](N)Cc1cc(F)cc(F)c1)C1CC1. The number of nitrogens with zero attached hydrogens (tertiary/aromatic N) is 5. The zero-order valence-corrected chi connectivity index (χ0v) is 74.0. The fourth-order valence-electron chi connectivity index (χ4n) is 13.2. The monoisotopic (exact) mass is 1830 g/mol. The number of hydrogen-bond donors (Lipinski definition) is 9. The first-order valence-corrected chi connectivity index (χ1v) is 47.0. The van der Waals surface area contributed by atoms with E-state index in [1.54, 1.807) is 42.6 Å². The van der Waals surface area contributed by atoms with Crippen LogP contribution in [-0.4, -0.2) is 223 Å². The molecule has 0 spiro atoms. The van der Waals surface area contributed by atoms with Crippen molar-refractivity contribution >= 4 is 65.5 Å². The Morgan fingerprint density at radius 1 is 0.429 bits per heavy atom. The molecule has 8 rings (SSSR count). The molecule has 29 nitrogen and oxygen atoms in total. The number of unbranched alkanes of at least 4 members (excludes halogenated alkanes) is 3. The van der Waals surface area contributed by atoms with Crippen LogP contribution in [0.15, 0.2) is 152 Å². The van der Waals surface area contributed by atoms with Crippen LogP contribution in [0.4, 0.5) is 40.7 Å². The number of aliphatic hydroxyl groups excluding tert-OH is 3. The van der Waals surface area contributed by atoms with Gasteiger partial charge in [-0.2, -0.15) is 0 Å². The van der Waals surface area contributed by atoms with E-state index in [2.05, 4.69) is 30.7 Å². The molecule has 692 valence electrons. The summed E-state index contributed by atoms with van der Waals surface area (Å²) < 4.78 is 174. The molecule has 5 aromatic carbocycles. The molecule has 0 bridgehead atoms. The fourth-order valence-corrected chi connectivity index (χ4v) is 18.1. The highest BCUT2D eigenvalue weighted by Gasteiger charge is 2.41. The molecule has 0 unspecified atom stereocenters. The number of aliphatic hydroxyl groups is 3. The molecule has 0 saturated heterocycles. The number of methoxy groups -OCH3 is 1. The van der Waals surface area contributed by atoms with E-state index in [1.807, 2.05) is 71.0 Å². The van der Waals surface area contributed by atoms with Crippen molar-refractivity contribution in [2.45, 2.75) is 205 Å². The maximum absolute atomic E-state index is 14.1. The number of pyridine rings is 2. The number of carbonyl (C=O) groups is 6. The van der Waals surface area contributed by atoms with Gasteiger partial charge in [0.1, 0.15) is 66.2 Å². The molecule has 126 heavy (non-hydrogen) atoms. The predicted molar refractivity (Wildman–Crippen MR) is 462 cm³/mol. The molecular formula is C88H117F6N11O18S3. The number of sulfone groups is 3. The Kier molecular flexibility index (Phi) is 43.3. The Bertz CT molecular complexity index is 4710. The highest BCUT2D eigenvalue weighted by Crippen LogP contribution is 2.29. The van der Waals surface area contributed by atoms with Crippen LogP contribution in [0.1, 0.15) is 136 Å². The summed E-state index contributed by atoms with van der Waals surface area (Å²) in [7, 11) is -10.1. The molecule has 12 N–H and O–H groups in total. The molecule has 0 radical (unpaired) electrons. The molecule has 1 saturated carbocycles. The number of amides is 6. The summed E-state index contributed by atoms with van der Waals surface area (Å²) in [5.74, 6) is -9.41. The van der Waals surface area contributed by atoms with E-state index < -0.39 is 172 Å². The first-order chi connectivity index (χ1) is 59.7. The molecule has 0 aliphatic heterocycles. The lowest BCUT2D eigenvalue weighted by molar-refractivity contribution is -0.135. The van der Waals surface area contributed by atoms with Crippen LogP contribution in [0.2, 0.25) is 0 Å². The molecule has 9 atom stereocenters. The van der Waals surface area contributed by atoms with E-state index in [0.29, 0.717) is 73.6 Å². The van der Waals surface area contributed by atoms with Gasteiger partial charge in [0.15, 0.2) is 29.5 Å². The second kappa shape index (κ2) is 52.2. The lowest BCUT2D eigenvalue weighted by atomic mass is 10.0. The Morgan fingerprint density at radius 3 is 1.11 bits per heavy atom. The van der Waals surface area contributed by atoms with Crippen molar-refractivity contribution in [1.29, 1.82) is 0 Å². The van der Waals surface area contributed by atoms with Crippen LogP contribution in [0, 0.1) is 34.9 Å². The number of ether oxygens (including phenoxy) is 3. The van der Waals surface area contributed by atoms with Gasteiger partial charge in [-0.15, -0.1) is 0 Å². The largest absolute Gasteiger partial charge is 0.453 e. The third-order valence-electron chi connectivity index (χ3n) is 20.2. The van der Waals surface area contributed by atoms with Gasteiger partial charge in [-0.1, -0.05) is 108 Å². The second-order valence-corrected chi connectivity index (χ2v) is 37.7. The van der Waals surface area contributed by atoms with E-state index in [4.69, 9.17) is 26.7 Å². The first kappa shape index (κ1) is 105. The van der Waals surface area contributed by atoms with Crippen molar-refractivity contribution in [1.82, 2.24) is 40.6 Å². The molecular weight excluding hydrogens is 1710 g/mol. The Labute approximate surface area is 732 Å². The van der Waals surface area contributed by atoms with Crippen LogP contribution in [0.5, 0.6) is 0 Å². The molecule has 1 fully saturated rings. The number of aromatic nitrogens is 2. The van der Waals surface area contributed by atoms with E-state index in [-0.39, 0.29) is 105 Å². The summed E-state index contributed by atoms with van der Waals surface area (Å²) >= 11 is 0. The summed E-state index contributed by atoms with van der Waals surface area (Å²) in [5.41, 5.74) is 23.8. The minimum atomic E-state index is -3.80. The van der Waals surface area contributed by atoms with Crippen LogP contribution >= 0.6 is 0 Å². The van der Waals surface area contributed by atoms with E-state index in [1.165, 1.54) is 33.3 Å². The number of hydrogen-bond acceptors (Lipinski definition) is 23. The predicted octanol–water partition coefficient (Wildman–Crippen LogP) is 8.51. The highest BCUT2D eigenvalue weighted by molar-refractivity contribution is 7.92. The van der Waals surface area contributed by atoms with Gasteiger partial charge < -0.3 is 77.4 Å². The molecule has 1 aliphatic rings. The summed E-state index contributed by atoms with van der Waals surface area (Å²) in [6.45, 7) is 8.14. The topological polar surface area (TPSA) is 443 Å². The molecule has 2 heterocycles. The second-order valence-electron chi connectivity index (χ2n) is 31.0. The van der Waals surface area contributed by atoms with Gasteiger partial charge in [0.05, 0.1) is 59.9 Å². The minimum absolute atomic E-state index is 0.0374. The number of rotatable bonds is 47. The van der Waals surface area contributed by atoms with Gasteiger partial charge in [0.25, 0.3) is 0 Å². The van der Waals surface area contributed by atoms with Crippen LogP contribution in [0.25, 0.3) is 0 Å². The Balaban J connectivity index is 0.000000296. The lowest BCUT2D eigenvalue weighted by Gasteiger charge is -2.31. The third kappa shape index (κ3) is 38.2. The molecule has 2 aromatic heterocycles. The zero-order chi connectivity index (χ0) is 92.8. The number of nitrogens with two attached hydrogens (primary N) is 3. The van der Waals surface area contributed by atoms with E-state index in [0.717, 1.165) is 85.7 Å². The van der Waals surface area contributed by atoms with Crippen LogP contribution in [-0.2, 0) is 117 Å². The summed E-state index contributed by atoms with van der Waals surface area (Å²) in [6.07, 6.45) is 4.67. The average Bonchev–Trinajstić information content (AvgIpc) is 1.60. The van der Waals surface area contributed by atoms with Gasteiger partial charge in [-0.05, 0) is 163 Å². The summed E-state index contributed by atoms with van der Waals surface area (Å²) in [6, 6.07) is 22.5. The lowest BCUT2D eigenvalue weighted by Crippen LogP contribution is -2.55. The number of benzene rings is 5. The number of halogens is 6. The van der Waals surface area contributed by atoms with Crippen molar-refractivity contribution in [3.8, 4) is 0 Å². The normalized spacial score (nSPS) is 14.2. The molecule has 38 heteroatoms. The van der Waals surface area contributed by atoms with Gasteiger partial charge >= 0.3 is 18.3 Å². The maximum atomic E-state index is 14.1. The summed E-state index contributed by atoms with van der Waals surface area (Å²) in [4.78, 5) is 90.6. The van der Waals surface area contributed by atoms with Crippen molar-refractivity contribution in [3.05, 3.63) is 237 Å². The van der Waals surface area contributed by atoms with Crippen molar-refractivity contribution in [3.63, 3.8) is 0 Å². The number of nitrogens with one attached hydrogen (secondary N) is 3. The van der Waals surface area contributed by atoms with Gasteiger partial charge in [0.2, 0.25) is 17.7 Å². The van der Waals surface area contributed by atoms with Crippen LogP contribution in [0.3, 0.4) is 0 Å². The average molecular weight is 1830 g/mol. The first-order valence-electron chi connectivity index (χ1n) is 41.5. The number of aryl methyl sites for hydroxylation is 2. The quantitative estimate of drug-likeness (QED) is 0.0127. The zero-order valence-electron chi connectivity index (χ0n) is 71.5. The smallest absolute Gasteiger partial charge is 0.408 e. The number of carbonyl (C=O) groups excluding carboxylic acids is 6.